The zero-order valence-corrected chi connectivity index (χ0v) is 11.3. The predicted molar refractivity (Wildman–Crippen MR) is 72.6 cm³/mol. The second kappa shape index (κ2) is 4.23. The molecule has 18 heavy (non-hydrogen) atoms. The van der Waals surface area contributed by atoms with Crippen LogP contribution in [-0.2, 0) is 6.42 Å². The Balaban J connectivity index is 1.70. The second-order valence-electron chi connectivity index (χ2n) is 6.50. The van der Waals surface area contributed by atoms with Gasteiger partial charge in [0.2, 0.25) is 5.56 Å². The molecule has 2 aliphatic rings. The molecule has 2 N–H and O–H groups in total. The zero-order valence-electron chi connectivity index (χ0n) is 11.3. The highest BCUT2D eigenvalue weighted by molar-refractivity contribution is 5.26. The van der Waals surface area contributed by atoms with E-state index in [1.165, 1.54) is 24.8 Å². The summed E-state index contributed by atoms with van der Waals surface area (Å²) in [7, 11) is 0. The molecule has 0 saturated heterocycles. The van der Waals surface area contributed by atoms with Crippen molar-refractivity contribution in [3.63, 3.8) is 0 Å². The van der Waals surface area contributed by atoms with Gasteiger partial charge >= 0.3 is 0 Å². The van der Waals surface area contributed by atoms with Gasteiger partial charge in [-0.3, -0.25) is 4.79 Å². The van der Waals surface area contributed by atoms with Gasteiger partial charge in [0.25, 0.3) is 0 Å². The lowest BCUT2D eigenvalue weighted by atomic mass is 9.91. The van der Waals surface area contributed by atoms with E-state index in [9.17, 15) is 4.79 Å². The highest BCUT2D eigenvalue weighted by Crippen LogP contribution is 2.51. The first kappa shape index (κ1) is 12.0. The lowest BCUT2D eigenvalue weighted by Gasteiger charge is -2.26. The van der Waals surface area contributed by atoms with Gasteiger partial charge in [-0.25, -0.2) is 0 Å². The molecule has 0 radical (unpaired) electrons. The molecule has 98 valence electrons. The number of hydrogen-bond acceptors (Lipinski definition) is 2. The van der Waals surface area contributed by atoms with Gasteiger partial charge in [0, 0.05) is 17.8 Å². The van der Waals surface area contributed by atoms with Crippen LogP contribution in [-0.4, -0.2) is 11.5 Å². The number of aromatic nitrogens is 1. The fourth-order valence-corrected chi connectivity index (χ4v) is 3.12. The summed E-state index contributed by atoms with van der Waals surface area (Å²) < 4.78 is 0. The first-order valence-corrected chi connectivity index (χ1v) is 7.02. The number of H-pyrrole nitrogens is 1. The number of hydrogen-bond donors (Lipinski definition) is 2. The Hall–Kier alpha value is -1.09. The molecule has 1 aromatic heterocycles. The number of rotatable bonds is 3. The zero-order chi connectivity index (χ0) is 12.8. The summed E-state index contributed by atoms with van der Waals surface area (Å²) in [6.45, 7) is 5.79. The van der Waals surface area contributed by atoms with Gasteiger partial charge in [-0.05, 0) is 49.1 Å². The Labute approximate surface area is 108 Å². The Kier molecular flexibility index (Phi) is 2.81. The standard InChI is InChI=1S/C15H22N2O/c1-15(2)8-10(15)9-16-12-4-3-5-13-11(12)6-7-14(18)17-13/h6-7,10,12,16H,3-5,8-9H2,1-2H3,(H,17,18). The summed E-state index contributed by atoms with van der Waals surface area (Å²) in [5.41, 5.74) is 3.01. The topological polar surface area (TPSA) is 44.9 Å². The minimum absolute atomic E-state index is 0.0257. The van der Waals surface area contributed by atoms with Crippen molar-refractivity contribution in [2.45, 2.75) is 45.6 Å². The average Bonchev–Trinajstić information content (AvgIpc) is 2.94. The molecule has 2 unspecified atom stereocenters. The average molecular weight is 246 g/mol. The van der Waals surface area contributed by atoms with Gasteiger partial charge in [0.15, 0.2) is 0 Å². The minimum atomic E-state index is 0.0257. The Bertz CT molecular complexity index is 503. The van der Waals surface area contributed by atoms with Gasteiger partial charge in [0.1, 0.15) is 0 Å². The van der Waals surface area contributed by atoms with Crippen molar-refractivity contribution < 1.29 is 0 Å². The summed E-state index contributed by atoms with van der Waals surface area (Å²) in [6, 6.07) is 4.09. The normalized spacial score (nSPS) is 28.8. The van der Waals surface area contributed by atoms with E-state index < -0.39 is 0 Å². The van der Waals surface area contributed by atoms with Crippen molar-refractivity contribution in [2.75, 3.05) is 6.54 Å². The van der Waals surface area contributed by atoms with Crippen molar-refractivity contribution in [1.29, 1.82) is 0 Å². The Morgan fingerprint density at radius 1 is 1.44 bits per heavy atom. The fraction of sp³-hybridized carbons (Fsp3) is 0.667. The van der Waals surface area contributed by atoms with Gasteiger partial charge < -0.3 is 10.3 Å². The smallest absolute Gasteiger partial charge is 0.248 e. The van der Waals surface area contributed by atoms with E-state index in [1.54, 1.807) is 6.07 Å². The van der Waals surface area contributed by atoms with E-state index in [0.717, 1.165) is 24.6 Å². The van der Waals surface area contributed by atoms with E-state index in [0.29, 0.717) is 11.5 Å². The summed E-state index contributed by atoms with van der Waals surface area (Å²) in [6.07, 6.45) is 4.70. The largest absolute Gasteiger partial charge is 0.326 e. The molecule has 0 aliphatic heterocycles. The fourth-order valence-electron chi connectivity index (χ4n) is 3.12. The molecule has 2 atom stereocenters. The maximum absolute atomic E-state index is 11.3. The van der Waals surface area contributed by atoms with Gasteiger partial charge in [-0.15, -0.1) is 0 Å². The van der Waals surface area contributed by atoms with Crippen LogP contribution in [0.3, 0.4) is 0 Å². The van der Waals surface area contributed by atoms with E-state index in [-0.39, 0.29) is 5.56 Å². The first-order chi connectivity index (χ1) is 8.56. The second-order valence-corrected chi connectivity index (χ2v) is 6.50. The van der Waals surface area contributed by atoms with Crippen LogP contribution in [0.2, 0.25) is 0 Å². The lowest BCUT2D eigenvalue weighted by molar-refractivity contribution is 0.423. The molecular formula is C15H22N2O. The molecule has 1 aromatic rings. The van der Waals surface area contributed by atoms with Gasteiger partial charge in [-0.2, -0.15) is 0 Å². The first-order valence-electron chi connectivity index (χ1n) is 7.02. The number of aromatic amines is 1. The Morgan fingerprint density at radius 2 is 2.22 bits per heavy atom. The van der Waals surface area contributed by atoms with Crippen LogP contribution in [0.5, 0.6) is 0 Å². The van der Waals surface area contributed by atoms with Crippen molar-refractivity contribution in [3.8, 4) is 0 Å². The van der Waals surface area contributed by atoms with E-state index in [4.69, 9.17) is 0 Å². The number of pyridine rings is 1. The molecular weight excluding hydrogens is 224 g/mol. The van der Waals surface area contributed by atoms with Crippen molar-refractivity contribution >= 4 is 0 Å². The van der Waals surface area contributed by atoms with Gasteiger partial charge in [-0.1, -0.05) is 19.9 Å². The summed E-state index contributed by atoms with van der Waals surface area (Å²) in [5.74, 6) is 0.825. The summed E-state index contributed by atoms with van der Waals surface area (Å²) in [4.78, 5) is 14.3. The van der Waals surface area contributed by atoms with E-state index in [2.05, 4.69) is 24.1 Å². The summed E-state index contributed by atoms with van der Waals surface area (Å²) in [5, 5.41) is 3.69. The number of fused-ring (bicyclic) bond motifs is 1. The maximum atomic E-state index is 11.3. The van der Waals surface area contributed by atoms with Crippen molar-refractivity contribution in [1.82, 2.24) is 10.3 Å². The summed E-state index contributed by atoms with van der Waals surface area (Å²) >= 11 is 0. The highest BCUT2D eigenvalue weighted by atomic mass is 16.1. The van der Waals surface area contributed by atoms with Crippen LogP contribution in [0, 0.1) is 11.3 Å². The van der Waals surface area contributed by atoms with Crippen LogP contribution in [0.15, 0.2) is 16.9 Å². The van der Waals surface area contributed by atoms with Gasteiger partial charge in [0.05, 0.1) is 0 Å². The van der Waals surface area contributed by atoms with Crippen LogP contribution >= 0.6 is 0 Å². The Morgan fingerprint density at radius 3 is 2.94 bits per heavy atom. The SMILES string of the molecule is CC1(C)CC1CNC1CCCc2[nH]c(=O)ccc21. The van der Waals surface area contributed by atoms with E-state index >= 15 is 0 Å². The monoisotopic (exact) mass is 246 g/mol. The quantitative estimate of drug-likeness (QED) is 0.860. The van der Waals surface area contributed by atoms with Crippen LogP contribution in [0.4, 0.5) is 0 Å². The maximum Gasteiger partial charge on any atom is 0.248 e. The molecule has 1 saturated carbocycles. The predicted octanol–water partition coefficient (Wildman–Crippen LogP) is 2.39. The molecule has 0 bridgehead atoms. The molecule has 0 spiro atoms. The third-order valence-corrected chi connectivity index (χ3v) is 4.66. The van der Waals surface area contributed by atoms with E-state index in [1.807, 2.05) is 6.07 Å². The van der Waals surface area contributed by atoms with Crippen LogP contribution < -0.4 is 10.9 Å². The molecule has 0 amide bonds. The minimum Gasteiger partial charge on any atom is -0.326 e. The molecule has 2 aliphatic carbocycles. The third kappa shape index (κ3) is 2.24. The number of aryl methyl sites for hydroxylation is 1. The van der Waals surface area contributed by atoms with Crippen LogP contribution in [0.25, 0.3) is 0 Å². The third-order valence-electron chi connectivity index (χ3n) is 4.66. The highest BCUT2D eigenvalue weighted by Gasteiger charge is 2.45. The molecule has 3 heteroatoms. The molecule has 3 nitrogen and oxygen atoms in total. The lowest BCUT2D eigenvalue weighted by Crippen LogP contribution is -2.29. The number of nitrogens with one attached hydrogen (secondary N) is 2. The molecule has 0 aromatic carbocycles. The molecule has 1 heterocycles. The van der Waals surface area contributed by atoms with Crippen molar-refractivity contribution in [2.24, 2.45) is 11.3 Å². The van der Waals surface area contributed by atoms with Crippen LogP contribution in [0.1, 0.15) is 50.4 Å². The molecule has 3 rings (SSSR count). The molecule has 1 fully saturated rings. The van der Waals surface area contributed by atoms with Crippen molar-refractivity contribution in [3.05, 3.63) is 33.7 Å².